The molecule has 1 aromatic rings. The first-order valence-corrected chi connectivity index (χ1v) is 6.73. The van der Waals surface area contributed by atoms with Gasteiger partial charge in [0.15, 0.2) is 0 Å². The van der Waals surface area contributed by atoms with Gasteiger partial charge in [0.25, 0.3) is 0 Å². The van der Waals surface area contributed by atoms with Crippen LogP contribution in [0.25, 0.3) is 0 Å². The van der Waals surface area contributed by atoms with Crippen molar-refractivity contribution in [2.45, 2.75) is 52.0 Å². The lowest BCUT2D eigenvalue weighted by Gasteiger charge is -2.40. The number of hydrogen-bond donors (Lipinski definition) is 1. The van der Waals surface area contributed by atoms with Gasteiger partial charge in [-0.25, -0.2) is 0 Å². The summed E-state index contributed by atoms with van der Waals surface area (Å²) >= 11 is 0. The second kappa shape index (κ2) is 4.77. The Kier molecular flexibility index (Phi) is 3.53. The lowest BCUT2D eigenvalue weighted by molar-refractivity contribution is 0.183. The number of aryl methyl sites for hydroxylation is 1. The van der Waals surface area contributed by atoms with Crippen LogP contribution < -0.4 is 5.73 Å². The first-order chi connectivity index (χ1) is 8.01. The van der Waals surface area contributed by atoms with Crippen LogP contribution in [0.15, 0.2) is 18.3 Å². The molecule has 1 fully saturated rings. The summed E-state index contributed by atoms with van der Waals surface area (Å²) in [6.45, 7) is 6.64. The number of rotatable bonds is 2. The zero-order valence-electron chi connectivity index (χ0n) is 11.2. The minimum atomic E-state index is -0.145. The van der Waals surface area contributed by atoms with E-state index >= 15 is 0 Å². The van der Waals surface area contributed by atoms with E-state index in [1.165, 1.54) is 18.4 Å². The largest absolute Gasteiger partial charge is 0.321 e. The zero-order chi connectivity index (χ0) is 12.5. The van der Waals surface area contributed by atoms with Crippen LogP contribution >= 0.6 is 0 Å². The molecule has 2 nitrogen and oxygen atoms in total. The van der Waals surface area contributed by atoms with Crippen molar-refractivity contribution in [3.63, 3.8) is 0 Å². The standard InChI is InChI=1S/C15H24N2/c1-11(2)13-5-4-8-15(16,9-13)14-7-6-12(3)17-10-14/h6-7,10-11,13H,4-5,8-9,16H2,1-3H3. The first kappa shape index (κ1) is 12.6. The average Bonchev–Trinajstić information content (AvgIpc) is 2.29. The van der Waals surface area contributed by atoms with E-state index in [-0.39, 0.29) is 5.54 Å². The minimum absolute atomic E-state index is 0.145. The Hall–Kier alpha value is -0.890. The van der Waals surface area contributed by atoms with E-state index in [4.69, 9.17) is 5.73 Å². The fourth-order valence-corrected chi connectivity index (χ4v) is 2.95. The molecule has 2 heteroatoms. The van der Waals surface area contributed by atoms with Crippen LogP contribution in [0.1, 0.15) is 50.8 Å². The Balaban J connectivity index is 2.20. The van der Waals surface area contributed by atoms with Crippen molar-refractivity contribution in [3.05, 3.63) is 29.6 Å². The summed E-state index contributed by atoms with van der Waals surface area (Å²) in [5.41, 5.74) is 8.75. The van der Waals surface area contributed by atoms with Gasteiger partial charge in [-0.05, 0) is 43.2 Å². The first-order valence-electron chi connectivity index (χ1n) is 6.73. The maximum Gasteiger partial charge on any atom is 0.0427 e. The van der Waals surface area contributed by atoms with E-state index in [0.717, 1.165) is 30.4 Å². The summed E-state index contributed by atoms with van der Waals surface area (Å²) < 4.78 is 0. The number of aromatic nitrogens is 1. The number of nitrogens with two attached hydrogens (primary N) is 1. The second-order valence-electron chi connectivity index (χ2n) is 5.94. The summed E-state index contributed by atoms with van der Waals surface area (Å²) in [6.07, 6.45) is 6.75. The van der Waals surface area contributed by atoms with Gasteiger partial charge in [-0.15, -0.1) is 0 Å². The van der Waals surface area contributed by atoms with Gasteiger partial charge in [0, 0.05) is 17.4 Å². The third kappa shape index (κ3) is 2.68. The molecular formula is C15H24N2. The zero-order valence-corrected chi connectivity index (χ0v) is 11.2. The molecule has 2 rings (SSSR count). The van der Waals surface area contributed by atoms with Crippen molar-refractivity contribution < 1.29 is 0 Å². The number of pyridine rings is 1. The van der Waals surface area contributed by atoms with Crippen LogP contribution in [0.5, 0.6) is 0 Å². The highest BCUT2D eigenvalue weighted by Gasteiger charge is 2.35. The molecular weight excluding hydrogens is 208 g/mol. The Morgan fingerprint density at radius 2 is 2.18 bits per heavy atom. The maximum atomic E-state index is 6.62. The Labute approximate surface area is 105 Å². The van der Waals surface area contributed by atoms with Crippen LogP contribution in [0.4, 0.5) is 0 Å². The van der Waals surface area contributed by atoms with E-state index in [2.05, 4.69) is 31.0 Å². The number of nitrogens with zero attached hydrogens (tertiary/aromatic N) is 1. The summed E-state index contributed by atoms with van der Waals surface area (Å²) in [7, 11) is 0. The SMILES string of the molecule is Cc1ccc(C2(N)CCCC(C(C)C)C2)cn1. The monoisotopic (exact) mass is 232 g/mol. The topological polar surface area (TPSA) is 38.9 Å². The van der Waals surface area contributed by atoms with E-state index in [0.29, 0.717) is 0 Å². The van der Waals surface area contributed by atoms with Gasteiger partial charge in [-0.1, -0.05) is 32.8 Å². The number of hydrogen-bond acceptors (Lipinski definition) is 2. The molecule has 1 aromatic heterocycles. The minimum Gasteiger partial charge on any atom is -0.321 e. The molecule has 0 bridgehead atoms. The Morgan fingerprint density at radius 1 is 1.41 bits per heavy atom. The highest BCUT2D eigenvalue weighted by molar-refractivity contribution is 5.23. The molecule has 0 saturated heterocycles. The fraction of sp³-hybridized carbons (Fsp3) is 0.667. The van der Waals surface area contributed by atoms with E-state index in [9.17, 15) is 0 Å². The quantitative estimate of drug-likeness (QED) is 0.849. The smallest absolute Gasteiger partial charge is 0.0427 e. The molecule has 94 valence electrons. The predicted molar refractivity (Wildman–Crippen MR) is 71.6 cm³/mol. The summed E-state index contributed by atoms with van der Waals surface area (Å²) in [5, 5.41) is 0. The van der Waals surface area contributed by atoms with Crippen molar-refractivity contribution in [1.82, 2.24) is 4.98 Å². The van der Waals surface area contributed by atoms with Gasteiger partial charge < -0.3 is 5.73 Å². The molecule has 0 spiro atoms. The van der Waals surface area contributed by atoms with Crippen LogP contribution in [0.3, 0.4) is 0 Å². The molecule has 0 amide bonds. The molecule has 2 N–H and O–H groups in total. The molecule has 17 heavy (non-hydrogen) atoms. The molecule has 1 saturated carbocycles. The van der Waals surface area contributed by atoms with Crippen LogP contribution in [-0.4, -0.2) is 4.98 Å². The van der Waals surface area contributed by atoms with Crippen molar-refractivity contribution >= 4 is 0 Å². The molecule has 2 unspecified atom stereocenters. The Morgan fingerprint density at radius 3 is 2.76 bits per heavy atom. The van der Waals surface area contributed by atoms with Gasteiger partial charge in [0.1, 0.15) is 0 Å². The molecule has 1 heterocycles. The third-order valence-corrected chi connectivity index (χ3v) is 4.25. The predicted octanol–water partition coefficient (Wildman–Crippen LogP) is 3.39. The summed E-state index contributed by atoms with van der Waals surface area (Å²) in [5.74, 6) is 1.49. The highest BCUT2D eigenvalue weighted by Crippen LogP contribution is 2.40. The van der Waals surface area contributed by atoms with Crippen molar-refractivity contribution in [3.8, 4) is 0 Å². The van der Waals surface area contributed by atoms with Gasteiger partial charge >= 0.3 is 0 Å². The summed E-state index contributed by atoms with van der Waals surface area (Å²) in [4.78, 5) is 4.39. The average molecular weight is 232 g/mol. The third-order valence-electron chi connectivity index (χ3n) is 4.25. The van der Waals surface area contributed by atoms with E-state index < -0.39 is 0 Å². The van der Waals surface area contributed by atoms with E-state index in [1.54, 1.807) is 0 Å². The molecule has 2 atom stereocenters. The normalized spacial score (nSPS) is 29.6. The van der Waals surface area contributed by atoms with E-state index in [1.807, 2.05) is 13.1 Å². The molecule has 1 aliphatic rings. The van der Waals surface area contributed by atoms with Crippen molar-refractivity contribution in [1.29, 1.82) is 0 Å². The van der Waals surface area contributed by atoms with Crippen LogP contribution in [0, 0.1) is 18.8 Å². The molecule has 0 aliphatic heterocycles. The molecule has 0 aromatic carbocycles. The van der Waals surface area contributed by atoms with Gasteiger partial charge in [-0.2, -0.15) is 0 Å². The lowest BCUT2D eigenvalue weighted by Crippen LogP contribution is -2.42. The maximum absolute atomic E-state index is 6.62. The second-order valence-corrected chi connectivity index (χ2v) is 5.94. The van der Waals surface area contributed by atoms with Gasteiger partial charge in [0.2, 0.25) is 0 Å². The Bertz CT molecular complexity index is 369. The molecule has 0 radical (unpaired) electrons. The summed E-state index contributed by atoms with van der Waals surface area (Å²) in [6, 6.07) is 4.23. The van der Waals surface area contributed by atoms with Gasteiger partial charge in [0.05, 0.1) is 0 Å². The van der Waals surface area contributed by atoms with Crippen molar-refractivity contribution in [2.24, 2.45) is 17.6 Å². The fourth-order valence-electron chi connectivity index (χ4n) is 2.95. The van der Waals surface area contributed by atoms with Crippen LogP contribution in [0.2, 0.25) is 0 Å². The van der Waals surface area contributed by atoms with Gasteiger partial charge in [-0.3, -0.25) is 4.98 Å². The van der Waals surface area contributed by atoms with Crippen LogP contribution in [-0.2, 0) is 5.54 Å². The molecule has 1 aliphatic carbocycles. The highest BCUT2D eigenvalue weighted by atomic mass is 14.8. The lowest BCUT2D eigenvalue weighted by atomic mass is 9.70. The van der Waals surface area contributed by atoms with Crippen molar-refractivity contribution in [2.75, 3.05) is 0 Å².